The van der Waals surface area contributed by atoms with Gasteiger partial charge in [0.2, 0.25) is 8.87 Å². The lowest BCUT2D eigenvalue weighted by Crippen LogP contribution is -2.15. The van der Waals surface area contributed by atoms with Gasteiger partial charge in [-0.25, -0.2) is 13.2 Å². The van der Waals surface area contributed by atoms with Crippen molar-refractivity contribution in [1.82, 2.24) is 0 Å². The van der Waals surface area contributed by atoms with E-state index in [2.05, 4.69) is 0 Å². The first-order valence-electron chi connectivity index (χ1n) is 8.41. The number of rotatable bonds is 6. The summed E-state index contributed by atoms with van der Waals surface area (Å²) in [6.45, 7) is 9.15. The maximum absolute atomic E-state index is 12.9. The molecule has 0 spiro atoms. The second-order valence-corrected chi connectivity index (χ2v) is 11.2. The molecule has 0 aliphatic heterocycles. The van der Waals surface area contributed by atoms with Crippen LogP contribution in [0, 0.1) is 13.8 Å². The number of benzene rings is 2. The van der Waals surface area contributed by atoms with Crippen molar-refractivity contribution >= 4 is 25.6 Å². The molecule has 7 heteroatoms. The fraction of sp³-hybridized carbons (Fsp3) is 0.350. The smallest absolute Gasteiger partial charge is 0.341 e. The van der Waals surface area contributed by atoms with Crippen LogP contribution in [0.25, 0.3) is 0 Å². The minimum atomic E-state index is -3.59. The summed E-state index contributed by atoms with van der Waals surface area (Å²) in [4.78, 5) is 11.7. The SMILES string of the molecule is Cc1ccc(S(=O)(=O)Sc2cc(C)c(OCC(=O)O)cc2C(C)(C)C)cc1. The zero-order chi connectivity index (χ0) is 20.4. The van der Waals surface area contributed by atoms with Crippen molar-refractivity contribution in [1.29, 1.82) is 0 Å². The van der Waals surface area contributed by atoms with E-state index in [1.807, 2.05) is 27.7 Å². The van der Waals surface area contributed by atoms with Crippen LogP contribution >= 0.6 is 10.8 Å². The van der Waals surface area contributed by atoms with Gasteiger partial charge in [0.25, 0.3) is 0 Å². The predicted molar refractivity (Wildman–Crippen MR) is 107 cm³/mol. The molecule has 146 valence electrons. The highest BCUT2D eigenvalue weighted by Gasteiger charge is 2.25. The second kappa shape index (κ2) is 7.94. The van der Waals surface area contributed by atoms with Gasteiger partial charge in [0.1, 0.15) is 5.75 Å². The third kappa shape index (κ3) is 5.49. The molecule has 0 saturated carbocycles. The van der Waals surface area contributed by atoms with Crippen molar-refractivity contribution in [2.75, 3.05) is 6.61 Å². The summed E-state index contributed by atoms with van der Waals surface area (Å²) in [5.74, 6) is -0.619. The lowest BCUT2D eigenvalue weighted by atomic mass is 9.86. The molecule has 0 fully saturated rings. The van der Waals surface area contributed by atoms with E-state index in [0.717, 1.165) is 21.9 Å². The molecule has 2 aromatic carbocycles. The molecular formula is C20H24O5S2. The standard InChI is InChI=1S/C20H24O5S2/c1-13-6-8-15(9-7-13)27(23,24)26-18-10-14(2)17(25-12-19(21)22)11-16(18)20(3,4)5/h6-11H,12H2,1-5H3,(H,21,22). The van der Waals surface area contributed by atoms with Crippen molar-refractivity contribution in [2.24, 2.45) is 0 Å². The van der Waals surface area contributed by atoms with Crippen LogP contribution in [0.5, 0.6) is 5.75 Å². The fourth-order valence-electron chi connectivity index (χ4n) is 2.48. The average Bonchev–Trinajstić information content (AvgIpc) is 2.52. The predicted octanol–water partition coefficient (Wildman–Crippen LogP) is 4.55. The number of hydrogen-bond donors (Lipinski definition) is 1. The van der Waals surface area contributed by atoms with Crippen LogP contribution in [-0.4, -0.2) is 26.1 Å². The van der Waals surface area contributed by atoms with E-state index in [-0.39, 0.29) is 10.3 Å². The molecule has 0 aromatic heterocycles. The van der Waals surface area contributed by atoms with E-state index in [1.165, 1.54) is 0 Å². The summed E-state index contributed by atoms with van der Waals surface area (Å²) in [5, 5.41) is 8.84. The number of ether oxygens (including phenoxy) is 1. The van der Waals surface area contributed by atoms with Crippen molar-refractivity contribution in [2.45, 2.75) is 49.8 Å². The zero-order valence-electron chi connectivity index (χ0n) is 16.1. The molecule has 0 aliphatic rings. The van der Waals surface area contributed by atoms with Gasteiger partial charge in [-0.05, 0) is 54.7 Å². The van der Waals surface area contributed by atoms with E-state index in [9.17, 15) is 13.2 Å². The summed E-state index contributed by atoms with van der Waals surface area (Å²) < 4.78 is 31.1. The summed E-state index contributed by atoms with van der Waals surface area (Å²) >= 11 is 0. The number of carboxylic acids is 1. The van der Waals surface area contributed by atoms with Crippen LogP contribution in [0.1, 0.15) is 37.5 Å². The highest BCUT2D eigenvalue weighted by Crippen LogP contribution is 2.41. The van der Waals surface area contributed by atoms with Gasteiger partial charge in [0.05, 0.1) is 4.90 Å². The summed E-state index contributed by atoms with van der Waals surface area (Å²) in [6, 6.07) is 10.2. The van der Waals surface area contributed by atoms with Crippen LogP contribution < -0.4 is 4.74 Å². The second-order valence-electron chi connectivity index (χ2n) is 7.40. The van der Waals surface area contributed by atoms with Crippen molar-refractivity contribution in [3.8, 4) is 5.75 Å². The lowest BCUT2D eigenvalue weighted by Gasteiger charge is -2.24. The monoisotopic (exact) mass is 408 g/mol. The summed E-state index contributed by atoms with van der Waals surface area (Å²) in [5.41, 5.74) is 2.12. The molecule has 0 saturated heterocycles. The normalized spacial score (nSPS) is 12.0. The molecule has 0 radical (unpaired) electrons. The third-order valence-electron chi connectivity index (χ3n) is 3.95. The van der Waals surface area contributed by atoms with Crippen LogP contribution in [0.3, 0.4) is 0 Å². The van der Waals surface area contributed by atoms with Crippen molar-refractivity contribution in [3.05, 3.63) is 53.1 Å². The molecule has 0 unspecified atom stereocenters. The van der Waals surface area contributed by atoms with Gasteiger partial charge in [0, 0.05) is 15.7 Å². The Labute approximate surface area is 164 Å². The van der Waals surface area contributed by atoms with Gasteiger partial charge in [-0.3, -0.25) is 0 Å². The Morgan fingerprint density at radius 1 is 1.11 bits per heavy atom. The zero-order valence-corrected chi connectivity index (χ0v) is 17.7. The van der Waals surface area contributed by atoms with E-state index >= 15 is 0 Å². The lowest BCUT2D eigenvalue weighted by molar-refractivity contribution is -0.139. The molecule has 0 aliphatic carbocycles. The molecule has 27 heavy (non-hydrogen) atoms. The molecule has 1 N–H and O–H groups in total. The maximum atomic E-state index is 12.9. The van der Waals surface area contributed by atoms with Crippen molar-refractivity contribution in [3.63, 3.8) is 0 Å². The molecular weight excluding hydrogens is 384 g/mol. The first-order chi connectivity index (χ1) is 12.4. The molecule has 0 atom stereocenters. The Bertz CT molecular complexity index is 940. The molecule has 0 bridgehead atoms. The number of hydrogen-bond acceptors (Lipinski definition) is 5. The van der Waals surface area contributed by atoms with Crippen LogP contribution in [-0.2, 0) is 19.1 Å². The topological polar surface area (TPSA) is 80.7 Å². The molecule has 0 amide bonds. The van der Waals surface area contributed by atoms with Gasteiger partial charge in [0.15, 0.2) is 6.61 Å². The fourth-order valence-corrected chi connectivity index (χ4v) is 5.71. The molecule has 5 nitrogen and oxygen atoms in total. The molecule has 0 heterocycles. The number of carbonyl (C=O) groups is 1. The Kier molecular flexibility index (Phi) is 6.27. The Morgan fingerprint density at radius 2 is 1.70 bits per heavy atom. The third-order valence-corrected chi connectivity index (χ3v) is 7.31. The van der Waals surface area contributed by atoms with Crippen molar-refractivity contribution < 1.29 is 23.1 Å². The number of carboxylic acid groups (broad SMARTS) is 1. The first kappa shape index (κ1) is 21.3. The molecule has 2 aromatic rings. The minimum Gasteiger partial charge on any atom is -0.482 e. The Balaban J connectivity index is 2.47. The van der Waals surface area contributed by atoms with Gasteiger partial charge in [-0.2, -0.15) is 0 Å². The van der Waals surface area contributed by atoms with E-state index in [4.69, 9.17) is 9.84 Å². The average molecular weight is 409 g/mol. The van der Waals surface area contributed by atoms with Crippen LogP contribution in [0.4, 0.5) is 0 Å². The Morgan fingerprint density at radius 3 is 2.22 bits per heavy atom. The van der Waals surface area contributed by atoms with E-state index in [0.29, 0.717) is 16.2 Å². The van der Waals surface area contributed by atoms with Gasteiger partial charge in [-0.15, -0.1) is 0 Å². The maximum Gasteiger partial charge on any atom is 0.341 e. The van der Waals surface area contributed by atoms with Gasteiger partial charge < -0.3 is 9.84 Å². The summed E-state index contributed by atoms with van der Waals surface area (Å²) in [7, 11) is -2.78. The molecule has 2 rings (SSSR count). The van der Waals surface area contributed by atoms with Gasteiger partial charge >= 0.3 is 5.97 Å². The largest absolute Gasteiger partial charge is 0.482 e. The highest BCUT2D eigenvalue weighted by molar-refractivity contribution is 8.72. The van der Waals surface area contributed by atoms with Gasteiger partial charge in [-0.1, -0.05) is 38.5 Å². The highest BCUT2D eigenvalue weighted by atomic mass is 33.1. The summed E-state index contributed by atoms with van der Waals surface area (Å²) in [6.07, 6.45) is 0. The van der Waals surface area contributed by atoms with Crippen LogP contribution in [0.2, 0.25) is 0 Å². The Hall–Kier alpha value is -1.99. The van der Waals surface area contributed by atoms with Crippen LogP contribution in [0.15, 0.2) is 46.2 Å². The minimum absolute atomic E-state index is 0.252. The number of aliphatic carboxylic acids is 1. The van der Waals surface area contributed by atoms with E-state index < -0.39 is 21.4 Å². The quantitative estimate of drug-likeness (QED) is 0.707. The first-order valence-corrected chi connectivity index (χ1v) is 11.2. The number of aryl methyl sites for hydroxylation is 2. The van der Waals surface area contributed by atoms with E-state index in [1.54, 1.807) is 43.3 Å².